The van der Waals surface area contributed by atoms with Gasteiger partial charge in [0.25, 0.3) is 5.91 Å². The molecule has 0 aliphatic carbocycles. The summed E-state index contributed by atoms with van der Waals surface area (Å²) in [5.74, 6) is -0.622. The van der Waals surface area contributed by atoms with Gasteiger partial charge in [-0.25, -0.2) is 4.79 Å². The summed E-state index contributed by atoms with van der Waals surface area (Å²) in [5.41, 5.74) is -0.568. The van der Waals surface area contributed by atoms with Gasteiger partial charge in [0.1, 0.15) is 5.54 Å². The smallest absolute Gasteiger partial charge is 0.331 e. The maximum atomic E-state index is 12.0. The van der Waals surface area contributed by atoms with Crippen LogP contribution in [0.4, 0.5) is 0 Å². The number of hydrogen-bond acceptors (Lipinski definition) is 6. The lowest BCUT2D eigenvalue weighted by Gasteiger charge is -2.47. The molecule has 1 amide bonds. The monoisotopic (exact) mass is 255 g/mol. The Balaban J connectivity index is 2.13. The maximum absolute atomic E-state index is 12.0. The van der Waals surface area contributed by atoms with E-state index < -0.39 is 5.54 Å². The van der Waals surface area contributed by atoms with E-state index in [2.05, 4.69) is 9.59 Å². The van der Waals surface area contributed by atoms with Gasteiger partial charge in [0, 0.05) is 11.9 Å². The summed E-state index contributed by atoms with van der Waals surface area (Å²) >= 11 is 1.11. The molecule has 1 saturated heterocycles. The minimum atomic E-state index is -0.850. The topological polar surface area (TPSA) is 72.4 Å². The van der Waals surface area contributed by atoms with Crippen molar-refractivity contribution in [2.24, 2.45) is 0 Å². The molecule has 0 radical (unpaired) electrons. The molecule has 0 N–H and O–H groups in total. The molecule has 6 nitrogen and oxygen atoms in total. The molecule has 1 atom stereocenters. The first kappa shape index (κ1) is 12.0. The van der Waals surface area contributed by atoms with E-state index in [0.717, 1.165) is 11.5 Å². The van der Waals surface area contributed by atoms with Crippen molar-refractivity contribution in [3.8, 4) is 0 Å². The third-order valence-corrected chi connectivity index (χ3v) is 3.46. The van der Waals surface area contributed by atoms with E-state index >= 15 is 0 Å². The second-order valence-corrected chi connectivity index (χ2v) is 4.60. The highest BCUT2D eigenvalue weighted by Crippen LogP contribution is 2.32. The minimum absolute atomic E-state index is 0.263. The van der Waals surface area contributed by atoms with Gasteiger partial charge in [-0.15, -0.1) is 5.10 Å². The van der Waals surface area contributed by atoms with Crippen LogP contribution in [0.2, 0.25) is 0 Å². The molecule has 1 aliphatic rings. The van der Waals surface area contributed by atoms with E-state index in [4.69, 9.17) is 4.74 Å². The molecular weight excluding hydrogens is 242 g/mol. The predicted molar refractivity (Wildman–Crippen MR) is 60.6 cm³/mol. The van der Waals surface area contributed by atoms with Crippen LogP contribution in [0.25, 0.3) is 0 Å². The maximum Gasteiger partial charge on any atom is 0.331 e. The highest BCUT2D eigenvalue weighted by molar-refractivity contribution is 7.03. The van der Waals surface area contributed by atoms with Crippen molar-refractivity contribution in [2.45, 2.75) is 25.8 Å². The Hall–Kier alpha value is -1.50. The van der Waals surface area contributed by atoms with Gasteiger partial charge >= 0.3 is 5.97 Å². The van der Waals surface area contributed by atoms with E-state index in [1.165, 1.54) is 4.90 Å². The summed E-state index contributed by atoms with van der Waals surface area (Å²) in [7, 11) is 0. The third kappa shape index (κ3) is 1.90. The summed E-state index contributed by atoms with van der Waals surface area (Å²) in [6, 6.07) is 0. The van der Waals surface area contributed by atoms with Crippen LogP contribution in [-0.4, -0.2) is 45.1 Å². The number of aromatic nitrogens is 2. The standard InChI is InChI=1S/C10H13N3O3S/c1-3-16-9(15)10(2)4-5-13(10)8(14)7-6-17-12-11-7/h6H,3-5H2,1-2H3. The molecule has 1 aromatic rings. The molecule has 1 aliphatic heterocycles. The van der Waals surface area contributed by atoms with Gasteiger partial charge in [-0.05, 0) is 31.8 Å². The molecule has 0 spiro atoms. The number of amides is 1. The van der Waals surface area contributed by atoms with Gasteiger partial charge in [0.2, 0.25) is 0 Å². The van der Waals surface area contributed by atoms with Crippen molar-refractivity contribution in [3.63, 3.8) is 0 Å². The Kier molecular flexibility index (Phi) is 3.10. The van der Waals surface area contributed by atoms with Gasteiger partial charge in [0.15, 0.2) is 5.69 Å². The van der Waals surface area contributed by atoms with Gasteiger partial charge in [-0.3, -0.25) is 4.79 Å². The van der Waals surface area contributed by atoms with E-state index in [9.17, 15) is 9.59 Å². The number of ether oxygens (including phenoxy) is 1. The minimum Gasteiger partial charge on any atom is -0.464 e. The van der Waals surface area contributed by atoms with Crippen molar-refractivity contribution in [1.82, 2.24) is 14.5 Å². The molecule has 0 saturated carbocycles. The summed E-state index contributed by atoms with van der Waals surface area (Å²) < 4.78 is 8.62. The van der Waals surface area contributed by atoms with Crippen molar-refractivity contribution < 1.29 is 14.3 Å². The molecule has 0 aromatic carbocycles. The molecule has 0 bridgehead atoms. The molecule has 1 fully saturated rings. The molecule has 1 aromatic heterocycles. The van der Waals surface area contributed by atoms with Crippen LogP contribution < -0.4 is 0 Å². The Morgan fingerprint density at radius 1 is 1.65 bits per heavy atom. The predicted octanol–water partition coefficient (Wildman–Crippen LogP) is 0.706. The Morgan fingerprint density at radius 2 is 2.41 bits per heavy atom. The Labute approximate surface area is 103 Å². The molecule has 2 rings (SSSR count). The fourth-order valence-corrected chi connectivity index (χ4v) is 2.21. The summed E-state index contributed by atoms with van der Waals surface area (Å²) in [6.45, 7) is 4.32. The largest absolute Gasteiger partial charge is 0.464 e. The van der Waals surface area contributed by atoms with Gasteiger partial charge in [-0.2, -0.15) is 0 Å². The molecule has 2 heterocycles. The average molecular weight is 255 g/mol. The number of carbonyl (C=O) groups is 2. The average Bonchev–Trinajstić information content (AvgIpc) is 2.80. The van der Waals surface area contributed by atoms with Crippen molar-refractivity contribution in [1.29, 1.82) is 0 Å². The van der Waals surface area contributed by atoms with E-state index in [1.807, 2.05) is 0 Å². The molecule has 1 unspecified atom stereocenters. The fraction of sp³-hybridized carbons (Fsp3) is 0.600. The van der Waals surface area contributed by atoms with E-state index in [0.29, 0.717) is 19.6 Å². The van der Waals surface area contributed by atoms with Gasteiger partial charge in [-0.1, -0.05) is 4.49 Å². The molecule has 92 valence electrons. The second kappa shape index (κ2) is 4.40. The quantitative estimate of drug-likeness (QED) is 0.744. The number of esters is 1. The highest BCUT2D eigenvalue weighted by atomic mass is 32.1. The highest BCUT2D eigenvalue weighted by Gasteiger charge is 2.51. The molecule has 7 heteroatoms. The van der Waals surface area contributed by atoms with Crippen LogP contribution in [-0.2, 0) is 9.53 Å². The SMILES string of the molecule is CCOC(=O)C1(C)CCN1C(=O)c1csnn1. The zero-order chi connectivity index (χ0) is 12.5. The number of nitrogens with zero attached hydrogens (tertiary/aromatic N) is 3. The summed E-state index contributed by atoms with van der Waals surface area (Å²) in [6.07, 6.45) is 0.620. The van der Waals surface area contributed by atoms with Crippen LogP contribution >= 0.6 is 11.5 Å². The normalized spacial score (nSPS) is 23.1. The summed E-state index contributed by atoms with van der Waals surface area (Å²) in [5, 5.41) is 5.29. The van der Waals surface area contributed by atoms with Gasteiger partial charge < -0.3 is 9.64 Å². The number of likely N-dealkylation sites (tertiary alicyclic amines) is 1. The van der Waals surface area contributed by atoms with E-state index in [1.54, 1.807) is 19.2 Å². The number of hydrogen-bond donors (Lipinski definition) is 0. The van der Waals surface area contributed by atoms with Crippen LogP contribution in [0.5, 0.6) is 0 Å². The zero-order valence-electron chi connectivity index (χ0n) is 9.67. The Bertz CT molecular complexity index is 434. The first-order chi connectivity index (χ1) is 8.09. The first-order valence-electron chi connectivity index (χ1n) is 5.36. The zero-order valence-corrected chi connectivity index (χ0v) is 10.5. The van der Waals surface area contributed by atoms with Crippen molar-refractivity contribution >= 4 is 23.4 Å². The Morgan fingerprint density at radius 3 is 2.88 bits per heavy atom. The lowest BCUT2D eigenvalue weighted by molar-refractivity contribution is -0.162. The second-order valence-electron chi connectivity index (χ2n) is 3.99. The van der Waals surface area contributed by atoms with Crippen LogP contribution in [0.15, 0.2) is 5.38 Å². The third-order valence-electron chi connectivity index (χ3n) is 2.96. The fourth-order valence-electron chi connectivity index (χ4n) is 1.78. The van der Waals surface area contributed by atoms with E-state index in [-0.39, 0.29) is 17.6 Å². The summed E-state index contributed by atoms with van der Waals surface area (Å²) in [4.78, 5) is 25.3. The lowest BCUT2D eigenvalue weighted by Crippen LogP contribution is -2.65. The first-order valence-corrected chi connectivity index (χ1v) is 6.19. The molecular formula is C10H13N3O3S. The van der Waals surface area contributed by atoms with Crippen molar-refractivity contribution in [3.05, 3.63) is 11.1 Å². The van der Waals surface area contributed by atoms with Crippen LogP contribution in [0.3, 0.4) is 0 Å². The van der Waals surface area contributed by atoms with Crippen LogP contribution in [0.1, 0.15) is 30.8 Å². The lowest BCUT2D eigenvalue weighted by atomic mass is 9.86. The number of carbonyl (C=O) groups excluding carboxylic acids is 2. The van der Waals surface area contributed by atoms with Gasteiger partial charge in [0.05, 0.1) is 6.61 Å². The van der Waals surface area contributed by atoms with Crippen LogP contribution in [0, 0.1) is 0 Å². The van der Waals surface area contributed by atoms with Crippen molar-refractivity contribution in [2.75, 3.05) is 13.2 Å². The number of rotatable bonds is 3. The molecule has 17 heavy (non-hydrogen) atoms.